The molecule has 1 aromatic heterocycles. The van der Waals surface area contributed by atoms with Gasteiger partial charge in [0, 0.05) is 38.3 Å². The van der Waals surface area contributed by atoms with E-state index in [9.17, 15) is 9.90 Å². The van der Waals surface area contributed by atoms with Gasteiger partial charge >= 0.3 is 6.03 Å². The standard InChI is InChI=1S/C13H19N3O3/c1-10-3-2-4-11(15-10)16-12(17)14-9-13(18)5-7-19-8-6-13/h2-4,18H,5-9H2,1H3,(H2,14,15,16,17). The summed E-state index contributed by atoms with van der Waals surface area (Å²) in [5.41, 5.74) is -0.0313. The Hall–Kier alpha value is -1.66. The normalized spacial score (nSPS) is 17.8. The van der Waals surface area contributed by atoms with E-state index in [1.165, 1.54) is 0 Å². The molecule has 6 nitrogen and oxygen atoms in total. The van der Waals surface area contributed by atoms with Crippen LogP contribution in [-0.2, 0) is 4.74 Å². The Balaban J connectivity index is 1.81. The topological polar surface area (TPSA) is 83.5 Å². The number of aryl methyl sites for hydroxylation is 1. The Kier molecular flexibility index (Phi) is 4.34. The predicted molar refractivity (Wildman–Crippen MR) is 71.0 cm³/mol. The number of nitrogens with one attached hydrogen (secondary N) is 2. The fraction of sp³-hybridized carbons (Fsp3) is 0.538. The Morgan fingerprint density at radius 3 is 2.89 bits per heavy atom. The molecule has 6 heteroatoms. The molecule has 1 fully saturated rings. The lowest BCUT2D eigenvalue weighted by molar-refractivity contribution is -0.0598. The minimum absolute atomic E-state index is 0.216. The van der Waals surface area contributed by atoms with Crippen molar-refractivity contribution in [2.75, 3.05) is 25.1 Å². The van der Waals surface area contributed by atoms with E-state index in [2.05, 4.69) is 15.6 Å². The van der Waals surface area contributed by atoms with E-state index >= 15 is 0 Å². The minimum Gasteiger partial charge on any atom is -0.388 e. The van der Waals surface area contributed by atoms with Crippen LogP contribution in [0.3, 0.4) is 0 Å². The Bertz CT molecular complexity index is 445. The first kappa shape index (κ1) is 13.8. The fourth-order valence-corrected chi connectivity index (χ4v) is 1.95. The number of nitrogens with zero attached hydrogens (tertiary/aromatic N) is 1. The van der Waals surface area contributed by atoms with Gasteiger partial charge in [-0.15, -0.1) is 0 Å². The molecule has 0 aliphatic carbocycles. The SMILES string of the molecule is Cc1cccc(NC(=O)NCC2(O)CCOCC2)n1. The van der Waals surface area contributed by atoms with Gasteiger partial charge < -0.3 is 15.2 Å². The molecular formula is C13H19N3O3. The van der Waals surface area contributed by atoms with Crippen LogP contribution in [0.2, 0.25) is 0 Å². The molecule has 3 N–H and O–H groups in total. The zero-order valence-corrected chi connectivity index (χ0v) is 11.0. The molecule has 0 atom stereocenters. The van der Waals surface area contributed by atoms with E-state index in [1.54, 1.807) is 6.07 Å². The number of hydrogen-bond donors (Lipinski definition) is 3. The first-order valence-corrected chi connectivity index (χ1v) is 6.36. The van der Waals surface area contributed by atoms with Crippen molar-refractivity contribution in [1.29, 1.82) is 0 Å². The Morgan fingerprint density at radius 2 is 2.21 bits per heavy atom. The fourth-order valence-electron chi connectivity index (χ4n) is 1.95. The molecule has 1 aromatic rings. The molecule has 0 saturated carbocycles. The van der Waals surface area contributed by atoms with Crippen molar-refractivity contribution < 1.29 is 14.6 Å². The van der Waals surface area contributed by atoms with Gasteiger partial charge in [-0.2, -0.15) is 0 Å². The minimum atomic E-state index is -0.865. The zero-order valence-electron chi connectivity index (χ0n) is 11.0. The molecule has 2 heterocycles. The third-order valence-electron chi connectivity index (χ3n) is 3.13. The molecule has 19 heavy (non-hydrogen) atoms. The van der Waals surface area contributed by atoms with Crippen LogP contribution in [0.25, 0.3) is 0 Å². The molecule has 0 bridgehead atoms. The van der Waals surface area contributed by atoms with E-state index in [0.29, 0.717) is 31.9 Å². The van der Waals surface area contributed by atoms with Crippen molar-refractivity contribution >= 4 is 11.8 Å². The molecule has 1 aliphatic heterocycles. The quantitative estimate of drug-likeness (QED) is 0.763. The first-order valence-electron chi connectivity index (χ1n) is 6.36. The molecule has 1 aliphatic rings. The largest absolute Gasteiger partial charge is 0.388 e. The Labute approximate surface area is 112 Å². The van der Waals surface area contributed by atoms with Crippen LogP contribution in [0, 0.1) is 6.92 Å². The average molecular weight is 265 g/mol. The second kappa shape index (κ2) is 5.99. The first-order chi connectivity index (χ1) is 9.07. The summed E-state index contributed by atoms with van der Waals surface area (Å²) in [6.45, 7) is 3.13. The number of hydrogen-bond acceptors (Lipinski definition) is 4. The molecule has 104 valence electrons. The van der Waals surface area contributed by atoms with Gasteiger partial charge in [0.05, 0.1) is 5.60 Å². The van der Waals surface area contributed by atoms with Gasteiger partial charge in [-0.3, -0.25) is 5.32 Å². The number of ether oxygens (including phenoxy) is 1. The average Bonchev–Trinajstić information content (AvgIpc) is 2.38. The van der Waals surface area contributed by atoms with E-state index in [1.807, 2.05) is 19.1 Å². The van der Waals surface area contributed by atoms with Crippen LogP contribution in [0.15, 0.2) is 18.2 Å². The van der Waals surface area contributed by atoms with Crippen LogP contribution >= 0.6 is 0 Å². The molecule has 1 saturated heterocycles. The lowest BCUT2D eigenvalue weighted by atomic mass is 9.94. The van der Waals surface area contributed by atoms with Crippen molar-refractivity contribution in [1.82, 2.24) is 10.3 Å². The van der Waals surface area contributed by atoms with Gasteiger partial charge in [0.25, 0.3) is 0 Å². The summed E-state index contributed by atoms with van der Waals surface area (Å²) in [7, 11) is 0. The van der Waals surface area contributed by atoms with Crippen LogP contribution < -0.4 is 10.6 Å². The van der Waals surface area contributed by atoms with Gasteiger partial charge in [0.15, 0.2) is 0 Å². The lowest BCUT2D eigenvalue weighted by Gasteiger charge is -2.31. The van der Waals surface area contributed by atoms with Crippen molar-refractivity contribution in [3.05, 3.63) is 23.9 Å². The molecule has 0 radical (unpaired) electrons. The number of aromatic nitrogens is 1. The predicted octanol–water partition coefficient (Wildman–Crippen LogP) is 1.05. The molecule has 2 rings (SSSR count). The number of rotatable bonds is 3. The van der Waals surface area contributed by atoms with E-state index in [0.717, 1.165) is 5.69 Å². The smallest absolute Gasteiger partial charge is 0.320 e. The number of anilines is 1. The second-order valence-corrected chi connectivity index (χ2v) is 4.81. The van der Waals surface area contributed by atoms with Crippen LogP contribution in [0.1, 0.15) is 18.5 Å². The van der Waals surface area contributed by atoms with E-state index in [4.69, 9.17) is 4.74 Å². The molecule has 0 aromatic carbocycles. The second-order valence-electron chi connectivity index (χ2n) is 4.81. The summed E-state index contributed by atoms with van der Waals surface area (Å²) in [6, 6.07) is 5.03. The van der Waals surface area contributed by atoms with Gasteiger partial charge in [0.2, 0.25) is 0 Å². The molecule has 2 amide bonds. The molecule has 0 unspecified atom stereocenters. The van der Waals surface area contributed by atoms with Gasteiger partial charge in [-0.1, -0.05) is 6.07 Å². The van der Waals surface area contributed by atoms with Gasteiger partial charge in [0.1, 0.15) is 5.82 Å². The van der Waals surface area contributed by atoms with Gasteiger partial charge in [-0.05, 0) is 19.1 Å². The number of carbonyl (C=O) groups excluding carboxylic acids is 1. The van der Waals surface area contributed by atoms with Crippen molar-refractivity contribution in [2.24, 2.45) is 0 Å². The number of pyridine rings is 1. The number of carbonyl (C=O) groups is 1. The number of amides is 2. The number of urea groups is 1. The zero-order chi connectivity index (χ0) is 13.7. The molecular weight excluding hydrogens is 246 g/mol. The highest BCUT2D eigenvalue weighted by atomic mass is 16.5. The monoisotopic (exact) mass is 265 g/mol. The lowest BCUT2D eigenvalue weighted by Crippen LogP contribution is -2.47. The summed E-state index contributed by atoms with van der Waals surface area (Å²) in [5.74, 6) is 0.497. The van der Waals surface area contributed by atoms with Gasteiger partial charge in [-0.25, -0.2) is 9.78 Å². The van der Waals surface area contributed by atoms with E-state index in [-0.39, 0.29) is 12.6 Å². The molecule has 0 spiro atoms. The van der Waals surface area contributed by atoms with Crippen LogP contribution in [-0.4, -0.2) is 41.5 Å². The summed E-state index contributed by atoms with van der Waals surface area (Å²) < 4.78 is 5.18. The summed E-state index contributed by atoms with van der Waals surface area (Å²) in [5, 5.41) is 15.5. The van der Waals surface area contributed by atoms with Crippen LogP contribution in [0.4, 0.5) is 10.6 Å². The maximum absolute atomic E-state index is 11.7. The van der Waals surface area contributed by atoms with Crippen LogP contribution in [0.5, 0.6) is 0 Å². The Morgan fingerprint density at radius 1 is 1.47 bits per heavy atom. The maximum Gasteiger partial charge on any atom is 0.320 e. The van der Waals surface area contributed by atoms with Crippen molar-refractivity contribution in [3.8, 4) is 0 Å². The summed E-state index contributed by atoms with van der Waals surface area (Å²) >= 11 is 0. The highest BCUT2D eigenvalue weighted by Gasteiger charge is 2.30. The third-order valence-corrected chi connectivity index (χ3v) is 3.13. The summed E-state index contributed by atoms with van der Waals surface area (Å²) in [6.07, 6.45) is 1.08. The van der Waals surface area contributed by atoms with E-state index < -0.39 is 5.60 Å². The highest BCUT2D eigenvalue weighted by molar-refractivity contribution is 5.88. The maximum atomic E-state index is 11.7. The van der Waals surface area contributed by atoms with Crippen molar-refractivity contribution in [2.45, 2.75) is 25.4 Å². The highest BCUT2D eigenvalue weighted by Crippen LogP contribution is 2.19. The van der Waals surface area contributed by atoms with Crippen molar-refractivity contribution in [3.63, 3.8) is 0 Å². The third kappa shape index (κ3) is 4.18. The number of aliphatic hydroxyl groups is 1. The summed E-state index contributed by atoms with van der Waals surface area (Å²) in [4.78, 5) is 15.9.